The van der Waals surface area contributed by atoms with Gasteiger partial charge in [0.1, 0.15) is 5.82 Å². The van der Waals surface area contributed by atoms with Crippen molar-refractivity contribution >= 4 is 27.2 Å². The first-order valence-electron chi connectivity index (χ1n) is 7.83. The Labute approximate surface area is 151 Å². The summed E-state index contributed by atoms with van der Waals surface area (Å²) in [7, 11) is -3.44. The van der Waals surface area contributed by atoms with Crippen molar-refractivity contribution in [3.8, 4) is 0 Å². The third-order valence-corrected chi connectivity index (χ3v) is 6.35. The maximum atomic E-state index is 12.9. The molecule has 1 fully saturated rings. The van der Waals surface area contributed by atoms with Crippen LogP contribution in [-0.4, -0.2) is 44.5 Å². The van der Waals surface area contributed by atoms with Gasteiger partial charge in [0.2, 0.25) is 0 Å². The maximum absolute atomic E-state index is 12.9. The lowest BCUT2D eigenvalue weighted by molar-refractivity contribution is 0.0771. The van der Waals surface area contributed by atoms with E-state index in [1.54, 1.807) is 24.3 Å². The molecule has 0 bridgehead atoms. The van der Waals surface area contributed by atoms with E-state index >= 15 is 0 Å². The number of rotatable bonds is 6. The highest BCUT2D eigenvalue weighted by atomic mass is 35.5. The van der Waals surface area contributed by atoms with Crippen LogP contribution in [0.4, 0.5) is 4.39 Å². The Balaban J connectivity index is 1.51. The van der Waals surface area contributed by atoms with E-state index in [4.69, 9.17) is 11.6 Å². The van der Waals surface area contributed by atoms with Gasteiger partial charge in [0, 0.05) is 23.7 Å². The van der Waals surface area contributed by atoms with Crippen molar-refractivity contribution in [3.63, 3.8) is 0 Å². The summed E-state index contributed by atoms with van der Waals surface area (Å²) in [5.41, 5.74) is 0.590. The van der Waals surface area contributed by atoms with E-state index in [0.717, 1.165) is 12.1 Å². The molecule has 0 aromatic heterocycles. The third-order valence-electron chi connectivity index (χ3n) is 4.19. The van der Waals surface area contributed by atoms with Gasteiger partial charge in [-0.25, -0.2) is 12.8 Å². The zero-order valence-electron chi connectivity index (χ0n) is 13.4. The lowest BCUT2D eigenvalue weighted by Crippen LogP contribution is -2.51. The van der Waals surface area contributed by atoms with Crippen LogP contribution in [0.3, 0.4) is 0 Å². The molecule has 1 aliphatic rings. The van der Waals surface area contributed by atoms with E-state index in [2.05, 4.69) is 0 Å². The normalized spacial score (nSPS) is 15.8. The van der Waals surface area contributed by atoms with Gasteiger partial charge in [-0.15, -0.1) is 0 Å². The van der Waals surface area contributed by atoms with Crippen LogP contribution in [-0.2, 0) is 9.84 Å². The van der Waals surface area contributed by atoms with Gasteiger partial charge in [-0.05, 0) is 54.4 Å². The van der Waals surface area contributed by atoms with Crippen molar-refractivity contribution in [1.82, 2.24) is 4.90 Å². The molecule has 3 rings (SSSR count). The summed E-state index contributed by atoms with van der Waals surface area (Å²) >= 11 is 5.80. The molecule has 0 unspecified atom stereocenters. The van der Waals surface area contributed by atoms with Gasteiger partial charge in [0.15, 0.2) is 15.6 Å². The zero-order chi connectivity index (χ0) is 18.0. The Morgan fingerprint density at radius 1 is 1.08 bits per heavy atom. The van der Waals surface area contributed by atoms with E-state index in [1.807, 2.05) is 4.90 Å². The van der Waals surface area contributed by atoms with Crippen molar-refractivity contribution in [1.29, 1.82) is 0 Å². The number of carbonyl (C=O) groups is 1. The van der Waals surface area contributed by atoms with E-state index in [0.29, 0.717) is 23.7 Å². The van der Waals surface area contributed by atoms with Crippen LogP contribution in [0, 0.1) is 11.7 Å². The fraction of sp³-hybridized carbons (Fsp3) is 0.278. The number of hydrogen-bond acceptors (Lipinski definition) is 4. The molecule has 0 aliphatic carbocycles. The Morgan fingerprint density at radius 3 is 2.28 bits per heavy atom. The van der Waals surface area contributed by atoms with Gasteiger partial charge in [-0.3, -0.25) is 9.69 Å². The number of hydrogen-bond donors (Lipinski definition) is 0. The summed E-state index contributed by atoms with van der Waals surface area (Å²) in [4.78, 5) is 14.2. The molecule has 2 aromatic carbocycles. The minimum absolute atomic E-state index is 0.00423. The highest BCUT2D eigenvalue weighted by Crippen LogP contribution is 2.22. The second-order valence-corrected chi connectivity index (χ2v) is 8.70. The van der Waals surface area contributed by atoms with Crippen molar-refractivity contribution in [2.24, 2.45) is 5.92 Å². The zero-order valence-corrected chi connectivity index (χ0v) is 14.9. The predicted octanol–water partition coefficient (Wildman–Crippen LogP) is 3.07. The SMILES string of the molecule is O=C(CN1CC(CS(=O)(=O)c2ccc(F)cc2)C1)c1ccc(Cl)cc1. The first kappa shape index (κ1) is 18.0. The highest BCUT2D eigenvalue weighted by molar-refractivity contribution is 7.91. The van der Waals surface area contributed by atoms with Crippen LogP contribution in [0.1, 0.15) is 10.4 Å². The molecule has 25 heavy (non-hydrogen) atoms. The molecule has 4 nitrogen and oxygen atoms in total. The summed E-state index contributed by atoms with van der Waals surface area (Å²) < 4.78 is 37.5. The molecule has 1 aliphatic heterocycles. The van der Waals surface area contributed by atoms with Crippen molar-refractivity contribution < 1.29 is 17.6 Å². The van der Waals surface area contributed by atoms with Crippen LogP contribution in [0.5, 0.6) is 0 Å². The lowest BCUT2D eigenvalue weighted by atomic mass is 10.0. The van der Waals surface area contributed by atoms with Gasteiger partial charge in [0.25, 0.3) is 0 Å². The standard InChI is InChI=1S/C18H17ClFNO3S/c19-15-3-1-14(2-4-15)18(22)11-21-9-13(10-21)12-25(23,24)17-7-5-16(20)6-8-17/h1-8,13H,9-12H2. The number of Topliss-reactive ketones (excluding diaryl/α,β-unsaturated/α-hetero) is 1. The molecule has 0 saturated carbocycles. The van der Waals surface area contributed by atoms with Gasteiger partial charge in [-0.2, -0.15) is 0 Å². The average molecular weight is 382 g/mol. The molecule has 0 radical (unpaired) electrons. The van der Waals surface area contributed by atoms with Crippen LogP contribution in [0.25, 0.3) is 0 Å². The molecule has 1 heterocycles. The number of nitrogens with zero attached hydrogens (tertiary/aromatic N) is 1. The average Bonchev–Trinajstić information content (AvgIpc) is 2.53. The Kier molecular flexibility index (Phi) is 5.22. The van der Waals surface area contributed by atoms with Crippen LogP contribution in [0.2, 0.25) is 5.02 Å². The topological polar surface area (TPSA) is 54.5 Å². The van der Waals surface area contributed by atoms with Crippen molar-refractivity contribution in [2.75, 3.05) is 25.4 Å². The van der Waals surface area contributed by atoms with E-state index in [9.17, 15) is 17.6 Å². The largest absolute Gasteiger partial charge is 0.295 e. The van der Waals surface area contributed by atoms with Gasteiger partial charge >= 0.3 is 0 Å². The molecular weight excluding hydrogens is 365 g/mol. The molecule has 0 amide bonds. The minimum atomic E-state index is -3.44. The maximum Gasteiger partial charge on any atom is 0.178 e. The predicted molar refractivity (Wildman–Crippen MR) is 94.2 cm³/mol. The molecule has 0 N–H and O–H groups in total. The van der Waals surface area contributed by atoms with Gasteiger partial charge in [0.05, 0.1) is 17.2 Å². The quantitative estimate of drug-likeness (QED) is 0.570. The fourth-order valence-corrected chi connectivity index (χ4v) is 4.59. The van der Waals surface area contributed by atoms with Crippen LogP contribution in [0.15, 0.2) is 53.4 Å². The first-order chi connectivity index (χ1) is 11.8. The number of halogens is 2. The molecule has 1 saturated heterocycles. The summed E-state index contributed by atoms with van der Waals surface area (Å²) in [6.45, 7) is 1.37. The second-order valence-electron chi connectivity index (χ2n) is 6.23. The van der Waals surface area contributed by atoms with Gasteiger partial charge < -0.3 is 0 Å². The molecule has 0 atom stereocenters. The van der Waals surface area contributed by atoms with E-state index in [-0.39, 0.29) is 28.9 Å². The summed E-state index contributed by atoms with van der Waals surface area (Å²) in [6, 6.07) is 11.6. The molecule has 2 aromatic rings. The monoisotopic (exact) mass is 381 g/mol. The number of carbonyl (C=O) groups excluding carboxylic acids is 1. The Bertz CT molecular complexity index is 860. The molecule has 132 valence electrons. The third kappa shape index (κ3) is 4.45. The number of likely N-dealkylation sites (tertiary alicyclic amines) is 1. The summed E-state index contributed by atoms with van der Waals surface area (Å²) in [6.07, 6.45) is 0. The molecular formula is C18H17ClFNO3S. The number of ketones is 1. The first-order valence-corrected chi connectivity index (χ1v) is 9.86. The second kappa shape index (κ2) is 7.23. The number of benzene rings is 2. The Hall–Kier alpha value is -1.76. The summed E-state index contributed by atoms with van der Waals surface area (Å²) in [5, 5.41) is 0.576. The lowest BCUT2D eigenvalue weighted by Gasteiger charge is -2.38. The molecule has 0 spiro atoms. The smallest absolute Gasteiger partial charge is 0.178 e. The summed E-state index contributed by atoms with van der Waals surface area (Å²) in [5.74, 6) is -0.497. The minimum Gasteiger partial charge on any atom is -0.295 e. The number of sulfone groups is 1. The van der Waals surface area contributed by atoms with Crippen LogP contribution >= 0.6 is 11.6 Å². The van der Waals surface area contributed by atoms with Gasteiger partial charge in [-0.1, -0.05) is 11.6 Å². The van der Waals surface area contributed by atoms with E-state index < -0.39 is 15.7 Å². The van der Waals surface area contributed by atoms with Crippen LogP contribution < -0.4 is 0 Å². The van der Waals surface area contributed by atoms with Crippen molar-refractivity contribution in [2.45, 2.75) is 4.90 Å². The fourth-order valence-electron chi connectivity index (χ4n) is 2.89. The molecule has 7 heteroatoms. The van der Waals surface area contributed by atoms with Crippen molar-refractivity contribution in [3.05, 3.63) is 64.9 Å². The Morgan fingerprint density at radius 2 is 1.68 bits per heavy atom. The highest BCUT2D eigenvalue weighted by Gasteiger charge is 2.32. The van der Waals surface area contributed by atoms with E-state index in [1.165, 1.54) is 12.1 Å².